The number of aromatic amines is 1. The molecule has 0 saturated carbocycles. The minimum atomic E-state index is 0.0952. The second kappa shape index (κ2) is 6.64. The fourth-order valence-electron chi connectivity index (χ4n) is 4.61. The van der Waals surface area contributed by atoms with E-state index < -0.39 is 0 Å². The van der Waals surface area contributed by atoms with Crippen molar-refractivity contribution in [1.29, 1.82) is 0 Å². The quantitative estimate of drug-likeness (QED) is 0.568. The summed E-state index contributed by atoms with van der Waals surface area (Å²) in [7, 11) is 0. The fourth-order valence-corrected chi connectivity index (χ4v) is 4.61. The highest BCUT2D eigenvalue weighted by molar-refractivity contribution is 5.85. The van der Waals surface area contributed by atoms with E-state index >= 15 is 0 Å². The molecule has 0 fully saturated rings. The van der Waals surface area contributed by atoms with Crippen LogP contribution < -0.4 is 9.47 Å². The molecule has 2 aliphatic heterocycles. The van der Waals surface area contributed by atoms with Crippen molar-refractivity contribution in [3.05, 3.63) is 89.4 Å². The van der Waals surface area contributed by atoms with Gasteiger partial charge in [0.2, 0.25) is 6.79 Å². The molecule has 2 aromatic heterocycles. The average Bonchev–Trinajstić information content (AvgIpc) is 3.38. The highest BCUT2D eigenvalue weighted by Crippen LogP contribution is 2.39. The molecule has 4 heterocycles. The van der Waals surface area contributed by atoms with Gasteiger partial charge in [-0.25, -0.2) is 0 Å². The van der Waals surface area contributed by atoms with Crippen LogP contribution in [-0.4, -0.2) is 28.2 Å². The number of fused-ring (bicyclic) bond motifs is 4. The van der Waals surface area contributed by atoms with E-state index in [2.05, 4.69) is 58.4 Å². The Bertz CT molecular complexity index is 1190. The Morgan fingerprint density at radius 2 is 1.90 bits per heavy atom. The third-order valence-corrected chi connectivity index (χ3v) is 5.92. The molecule has 1 N–H and O–H groups in total. The van der Waals surface area contributed by atoms with Crippen molar-refractivity contribution in [2.45, 2.75) is 19.0 Å². The Balaban J connectivity index is 1.43. The van der Waals surface area contributed by atoms with E-state index in [0.717, 1.165) is 36.7 Å². The van der Waals surface area contributed by atoms with Gasteiger partial charge < -0.3 is 14.5 Å². The summed E-state index contributed by atoms with van der Waals surface area (Å²) in [6.45, 7) is 2.11. The molecule has 144 valence electrons. The van der Waals surface area contributed by atoms with Crippen LogP contribution in [0.2, 0.25) is 0 Å². The molecule has 0 spiro atoms. The molecule has 1 unspecified atom stereocenters. The number of H-pyrrole nitrogens is 1. The maximum absolute atomic E-state index is 5.58. The maximum atomic E-state index is 5.58. The summed E-state index contributed by atoms with van der Waals surface area (Å²) in [6, 6.07) is 21.1. The zero-order valence-corrected chi connectivity index (χ0v) is 16.0. The van der Waals surface area contributed by atoms with E-state index in [1.54, 1.807) is 0 Å². The van der Waals surface area contributed by atoms with Gasteiger partial charge in [0.05, 0.1) is 11.7 Å². The molecule has 6 rings (SSSR count). The van der Waals surface area contributed by atoms with Crippen molar-refractivity contribution >= 4 is 10.9 Å². The standard InChI is InChI=1S/C24H21N3O2/c1-2-6-19-17(5-1)18-10-12-27(14-16-8-9-21-22(13-16)29-15-28-21)24(23(18)26-19)20-7-3-4-11-25-20/h1-9,11,13,24,26H,10,12,14-15H2. The molecule has 1 atom stereocenters. The first-order chi connectivity index (χ1) is 14.4. The van der Waals surface area contributed by atoms with Crippen molar-refractivity contribution in [2.24, 2.45) is 0 Å². The normalized spacial score (nSPS) is 18.1. The molecule has 0 bridgehead atoms. The van der Waals surface area contributed by atoms with Crippen molar-refractivity contribution < 1.29 is 9.47 Å². The molecular formula is C24H21N3O2. The smallest absolute Gasteiger partial charge is 0.231 e. The van der Waals surface area contributed by atoms with Gasteiger partial charge in [-0.15, -0.1) is 0 Å². The van der Waals surface area contributed by atoms with Gasteiger partial charge in [-0.05, 0) is 47.9 Å². The van der Waals surface area contributed by atoms with Crippen LogP contribution in [-0.2, 0) is 13.0 Å². The molecule has 4 aromatic rings. The van der Waals surface area contributed by atoms with Crippen LogP contribution in [0, 0.1) is 0 Å². The van der Waals surface area contributed by atoms with Crippen LogP contribution in [0.25, 0.3) is 10.9 Å². The number of nitrogens with zero attached hydrogens (tertiary/aromatic N) is 2. The average molecular weight is 383 g/mol. The van der Waals surface area contributed by atoms with E-state index in [1.807, 2.05) is 18.3 Å². The molecular weight excluding hydrogens is 362 g/mol. The Hall–Kier alpha value is -3.31. The van der Waals surface area contributed by atoms with Gasteiger partial charge in [-0.3, -0.25) is 9.88 Å². The van der Waals surface area contributed by atoms with Crippen molar-refractivity contribution in [3.63, 3.8) is 0 Å². The first kappa shape index (κ1) is 16.6. The maximum Gasteiger partial charge on any atom is 0.231 e. The van der Waals surface area contributed by atoms with Crippen molar-refractivity contribution in [1.82, 2.24) is 14.9 Å². The zero-order valence-electron chi connectivity index (χ0n) is 16.0. The van der Waals surface area contributed by atoms with Gasteiger partial charge in [-0.1, -0.05) is 30.3 Å². The predicted molar refractivity (Wildman–Crippen MR) is 111 cm³/mol. The number of ether oxygens (including phenoxy) is 2. The van der Waals surface area contributed by atoms with Gasteiger partial charge in [-0.2, -0.15) is 0 Å². The molecule has 2 aromatic carbocycles. The third-order valence-electron chi connectivity index (χ3n) is 5.92. The Kier molecular flexibility index (Phi) is 3.81. The van der Waals surface area contributed by atoms with Gasteiger partial charge in [0.15, 0.2) is 11.5 Å². The van der Waals surface area contributed by atoms with E-state index in [1.165, 1.54) is 27.7 Å². The van der Waals surface area contributed by atoms with Crippen LogP contribution >= 0.6 is 0 Å². The lowest BCUT2D eigenvalue weighted by molar-refractivity contribution is 0.173. The van der Waals surface area contributed by atoms with Gasteiger partial charge in [0.1, 0.15) is 0 Å². The summed E-state index contributed by atoms with van der Waals surface area (Å²) >= 11 is 0. The number of nitrogens with one attached hydrogen (secondary N) is 1. The second-order valence-electron chi connectivity index (χ2n) is 7.63. The van der Waals surface area contributed by atoms with Crippen molar-refractivity contribution in [2.75, 3.05) is 13.3 Å². The van der Waals surface area contributed by atoms with Crippen molar-refractivity contribution in [3.8, 4) is 11.5 Å². The van der Waals surface area contributed by atoms with Gasteiger partial charge in [0, 0.05) is 35.9 Å². The summed E-state index contributed by atoms with van der Waals surface area (Å²) in [5.41, 5.74) is 6.16. The Morgan fingerprint density at radius 3 is 2.83 bits per heavy atom. The molecule has 29 heavy (non-hydrogen) atoms. The minimum absolute atomic E-state index is 0.0952. The summed E-state index contributed by atoms with van der Waals surface area (Å²) < 4.78 is 11.0. The second-order valence-corrected chi connectivity index (χ2v) is 7.63. The van der Waals surface area contributed by atoms with E-state index in [0.29, 0.717) is 6.79 Å². The zero-order chi connectivity index (χ0) is 19.2. The SMILES string of the molecule is c1ccc(C2c3[nH]c4ccccc4c3CCN2Cc2ccc3c(c2)OCO3)nc1. The third kappa shape index (κ3) is 2.77. The van der Waals surface area contributed by atoms with E-state index in [9.17, 15) is 0 Å². The first-order valence-electron chi connectivity index (χ1n) is 10.00. The highest BCUT2D eigenvalue weighted by Gasteiger charge is 2.32. The van der Waals surface area contributed by atoms with Crippen LogP contribution in [0.4, 0.5) is 0 Å². The summed E-state index contributed by atoms with van der Waals surface area (Å²) in [5.74, 6) is 1.66. The topological polar surface area (TPSA) is 50.4 Å². The van der Waals surface area contributed by atoms with Gasteiger partial charge in [0.25, 0.3) is 0 Å². The predicted octanol–water partition coefficient (Wildman–Crippen LogP) is 4.44. The molecule has 0 radical (unpaired) electrons. The molecule has 0 aliphatic carbocycles. The summed E-state index contributed by atoms with van der Waals surface area (Å²) in [6.07, 6.45) is 2.90. The monoisotopic (exact) mass is 383 g/mol. The number of hydrogen-bond donors (Lipinski definition) is 1. The molecule has 0 amide bonds. The summed E-state index contributed by atoms with van der Waals surface area (Å²) in [4.78, 5) is 10.9. The number of aromatic nitrogens is 2. The van der Waals surface area contributed by atoms with Gasteiger partial charge >= 0.3 is 0 Å². The summed E-state index contributed by atoms with van der Waals surface area (Å²) in [5, 5.41) is 1.33. The largest absolute Gasteiger partial charge is 0.454 e. The van der Waals surface area contributed by atoms with Crippen LogP contribution in [0.1, 0.15) is 28.6 Å². The van der Waals surface area contributed by atoms with E-state index in [-0.39, 0.29) is 6.04 Å². The lowest BCUT2D eigenvalue weighted by Gasteiger charge is -2.35. The molecule has 5 heteroatoms. The Labute approximate surface area is 168 Å². The lowest BCUT2D eigenvalue weighted by Crippen LogP contribution is -2.36. The Morgan fingerprint density at radius 1 is 1.00 bits per heavy atom. The number of rotatable bonds is 3. The molecule has 2 aliphatic rings. The highest BCUT2D eigenvalue weighted by atomic mass is 16.7. The van der Waals surface area contributed by atoms with E-state index in [4.69, 9.17) is 14.5 Å². The van der Waals surface area contributed by atoms with Crippen LogP contribution in [0.3, 0.4) is 0 Å². The van der Waals surface area contributed by atoms with Crippen LogP contribution in [0.5, 0.6) is 11.5 Å². The minimum Gasteiger partial charge on any atom is -0.454 e. The number of pyridine rings is 1. The molecule has 0 saturated heterocycles. The number of para-hydroxylation sites is 1. The molecule has 5 nitrogen and oxygen atoms in total. The number of benzene rings is 2. The fraction of sp³-hybridized carbons (Fsp3) is 0.208. The number of hydrogen-bond acceptors (Lipinski definition) is 4. The van der Waals surface area contributed by atoms with Crippen LogP contribution in [0.15, 0.2) is 66.9 Å². The first-order valence-corrected chi connectivity index (χ1v) is 10.00. The lowest BCUT2D eigenvalue weighted by atomic mass is 9.94.